The number of ether oxygens (including phenoxy) is 6. The van der Waals surface area contributed by atoms with Crippen LogP contribution in [0.1, 0.15) is 91.4 Å². The Morgan fingerprint density at radius 2 is 1.88 bits per heavy atom. The molecule has 4 rings (SSSR count). The molecule has 8 nitrogen and oxygen atoms in total. The Balaban J connectivity index is 1.52. The van der Waals surface area contributed by atoms with Crippen LogP contribution in [-0.2, 0) is 33.2 Å². The van der Waals surface area contributed by atoms with E-state index in [-0.39, 0.29) is 55.3 Å². The zero-order valence-corrected chi connectivity index (χ0v) is 26.5. The van der Waals surface area contributed by atoms with Crippen molar-refractivity contribution in [1.29, 1.82) is 0 Å². The molecule has 0 bridgehead atoms. The van der Waals surface area contributed by atoms with Gasteiger partial charge in [-0.25, -0.2) is 4.79 Å². The lowest BCUT2D eigenvalue weighted by molar-refractivity contribution is -0.198. The molecule has 240 valence electrons. The molecule has 1 N–H and O–H groups in total. The Labute approximate surface area is 253 Å². The van der Waals surface area contributed by atoms with Gasteiger partial charge in [0.25, 0.3) is 0 Å². The first kappa shape index (κ1) is 33.6. The van der Waals surface area contributed by atoms with Gasteiger partial charge in [-0.15, -0.1) is 0 Å². The van der Waals surface area contributed by atoms with Crippen LogP contribution >= 0.6 is 0 Å². The molecular formula is C34H56O8. The summed E-state index contributed by atoms with van der Waals surface area (Å²) in [6, 6.07) is 0. The number of methoxy groups -OCH3 is 1. The van der Waals surface area contributed by atoms with E-state index in [4.69, 9.17) is 23.7 Å². The maximum absolute atomic E-state index is 11.5. The van der Waals surface area contributed by atoms with Gasteiger partial charge in [-0.3, -0.25) is 0 Å². The van der Waals surface area contributed by atoms with Crippen LogP contribution in [0.15, 0.2) is 23.8 Å². The quantitative estimate of drug-likeness (QED) is 0.173. The number of aliphatic hydroxyl groups excluding tert-OH is 1. The van der Waals surface area contributed by atoms with Crippen LogP contribution < -0.4 is 0 Å². The number of aliphatic hydroxyl groups is 1. The van der Waals surface area contributed by atoms with Crippen LogP contribution in [0.25, 0.3) is 0 Å². The van der Waals surface area contributed by atoms with Gasteiger partial charge in [0.1, 0.15) is 6.61 Å². The number of allylic oxidation sites excluding steroid dienone is 1. The molecule has 0 amide bonds. The van der Waals surface area contributed by atoms with Crippen LogP contribution in [0.5, 0.6) is 0 Å². The standard InChI is InChI=1S/C34H56O8/c1-5-6-15-34(2,3)30(42-33-12-8-10-17-40-33)14-13-27-28-19-24(26(21-35)22-38-23-31(36)37-4)18-25(28)20-29(27)41-32-11-7-9-16-39-32/h13-14,19,25-30,32-33,35H,5-12,15-18,20-23H2,1-4H3/b14-13+/t25-,26?,27+,28-,29+,30+,32?,33?/m0/s1. The molecule has 3 unspecified atom stereocenters. The molecule has 2 heterocycles. The molecule has 2 aliphatic heterocycles. The fraction of sp³-hybridized carbons (Fsp3) is 0.853. The third-order valence-electron chi connectivity index (χ3n) is 9.72. The van der Waals surface area contributed by atoms with Crippen molar-refractivity contribution in [3.05, 3.63) is 23.8 Å². The molecule has 8 atom stereocenters. The Morgan fingerprint density at radius 1 is 1.14 bits per heavy atom. The molecule has 0 radical (unpaired) electrons. The molecule has 42 heavy (non-hydrogen) atoms. The highest BCUT2D eigenvalue weighted by Gasteiger charge is 2.46. The fourth-order valence-electron chi connectivity index (χ4n) is 7.07. The second-order valence-electron chi connectivity index (χ2n) is 13.4. The predicted octanol–water partition coefficient (Wildman–Crippen LogP) is 5.96. The summed E-state index contributed by atoms with van der Waals surface area (Å²) in [5, 5.41) is 10.2. The molecular weight excluding hydrogens is 536 g/mol. The van der Waals surface area contributed by atoms with Crippen LogP contribution in [0.3, 0.4) is 0 Å². The molecule has 0 aromatic carbocycles. The fourth-order valence-corrected chi connectivity index (χ4v) is 7.07. The Morgan fingerprint density at radius 3 is 2.52 bits per heavy atom. The third kappa shape index (κ3) is 9.35. The molecule has 0 spiro atoms. The lowest BCUT2D eigenvalue weighted by atomic mass is 9.80. The van der Waals surface area contributed by atoms with Gasteiger partial charge in [-0.05, 0) is 75.0 Å². The van der Waals surface area contributed by atoms with Gasteiger partial charge >= 0.3 is 5.97 Å². The van der Waals surface area contributed by atoms with Crippen LogP contribution in [0.2, 0.25) is 0 Å². The van der Waals surface area contributed by atoms with Crippen molar-refractivity contribution >= 4 is 5.97 Å². The summed E-state index contributed by atoms with van der Waals surface area (Å²) in [6.07, 6.45) is 18.4. The van der Waals surface area contributed by atoms with Crippen molar-refractivity contribution in [2.24, 2.45) is 29.1 Å². The largest absolute Gasteiger partial charge is 0.467 e. The van der Waals surface area contributed by atoms with Gasteiger partial charge in [0.15, 0.2) is 12.6 Å². The molecule has 2 aliphatic carbocycles. The number of carbonyl (C=O) groups excluding carboxylic acids is 1. The Hall–Kier alpha value is -1.29. The summed E-state index contributed by atoms with van der Waals surface area (Å²) in [6.45, 7) is 8.59. The highest BCUT2D eigenvalue weighted by molar-refractivity contribution is 5.70. The highest BCUT2D eigenvalue weighted by atomic mass is 16.7. The van der Waals surface area contributed by atoms with E-state index in [0.717, 1.165) is 83.8 Å². The van der Waals surface area contributed by atoms with Crippen molar-refractivity contribution in [2.75, 3.05) is 40.1 Å². The van der Waals surface area contributed by atoms with Crippen LogP contribution in [0, 0.1) is 29.1 Å². The van der Waals surface area contributed by atoms with E-state index in [1.54, 1.807) is 0 Å². The van der Waals surface area contributed by atoms with Crippen LogP contribution in [0.4, 0.5) is 0 Å². The Bertz CT molecular complexity index is 873. The molecule has 3 fully saturated rings. The SMILES string of the molecule is CCCCC(C)(C)[C@@H](/C=C/[C@@H]1[C@H]2C=C(C(CO)COCC(=O)OC)C[C@H]2C[C@H]1OC1CCCCO1)OC1CCCCO1. The molecule has 2 saturated heterocycles. The van der Waals surface area contributed by atoms with Gasteiger partial charge in [0, 0.05) is 25.0 Å². The maximum Gasteiger partial charge on any atom is 0.331 e. The molecule has 0 aromatic heterocycles. The summed E-state index contributed by atoms with van der Waals surface area (Å²) in [5.41, 5.74) is 1.19. The minimum Gasteiger partial charge on any atom is -0.467 e. The zero-order chi connectivity index (χ0) is 30.0. The summed E-state index contributed by atoms with van der Waals surface area (Å²) in [4.78, 5) is 11.5. The minimum absolute atomic E-state index is 0.00822. The topological polar surface area (TPSA) is 92.7 Å². The lowest BCUT2D eigenvalue weighted by Gasteiger charge is -2.36. The van der Waals surface area contributed by atoms with E-state index in [1.807, 2.05) is 0 Å². The number of esters is 1. The van der Waals surface area contributed by atoms with Crippen molar-refractivity contribution < 1.29 is 38.3 Å². The average molecular weight is 593 g/mol. The number of fused-ring (bicyclic) bond motifs is 1. The zero-order valence-electron chi connectivity index (χ0n) is 26.5. The van der Waals surface area contributed by atoms with Gasteiger partial charge in [0.2, 0.25) is 0 Å². The second kappa shape index (κ2) is 16.7. The van der Waals surface area contributed by atoms with Gasteiger partial charge in [0.05, 0.1) is 32.5 Å². The van der Waals surface area contributed by atoms with Gasteiger partial charge in [-0.2, -0.15) is 0 Å². The molecule has 1 saturated carbocycles. The first-order valence-corrected chi connectivity index (χ1v) is 16.5. The van der Waals surface area contributed by atoms with E-state index < -0.39 is 5.97 Å². The predicted molar refractivity (Wildman–Crippen MR) is 161 cm³/mol. The number of hydrogen-bond acceptors (Lipinski definition) is 8. The second-order valence-corrected chi connectivity index (χ2v) is 13.4. The number of carbonyl (C=O) groups is 1. The first-order valence-electron chi connectivity index (χ1n) is 16.5. The van der Waals surface area contributed by atoms with Crippen LogP contribution in [-0.4, -0.2) is 76.0 Å². The van der Waals surface area contributed by atoms with Gasteiger partial charge in [-0.1, -0.05) is 57.4 Å². The molecule has 0 aromatic rings. The number of rotatable bonds is 16. The minimum atomic E-state index is -0.406. The van der Waals surface area contributed by atoms with E-state index in [0.29, 0.717) is 18.4 Å². The number of unbranched alkanes of at least 4 members (excludes halogenated alkanes) is 1. The average Bonchev–Trinajstić information content (AvgIpc) is 3.55. The van der Waals surface area contributed by atoms with Crippen molar-refractivity contribution in [3.8, 4) is 0 Å². The van der Waals surface area contributed by atoms with E-state index in [9.17, 15) is 9.90 Å². The van der Waals surface area contributed by atoms with E-state index >= 15 is 0 Å². The first-order chi connectivity index (χ1) is 20.3. The lowest BCUT2D eigenvalue weighted by Crippen LogP contribution is -2.37. The summed E-state index contributed by atoms with van der Waals surface area (Å²) < 4.78 is 35.6. The van der Waals surface area contributed by atoms with E-state index in [1.165, 1.54) is 12.7 Å². The summed E-state index contributed by atoms with van der Waals surface area (Å²) >= 11 is 0. The normalized spacial score (nSPS) is 31.6. The molecule has 8 heteroatoms. The molecule has 4 aliphatic rings. The summed E-state index contributed by atoms with van der Waals surface area (Å²) in [7, 11) is 1.35. The summed E-state index contributed by atoms with van der Waals surface area (Å²) in [5.74, 6) is 0.403. The van der Waals surface area contributed by atoms with E-state index in [2.05, 4.69) is 43.7 Å². The maximum atomic E-state index is 11.5. The van der Waals surface area contributed by atoms with Gasteiger partial charge < -0.3 is 33.5 Å². The smallest absolute Gasteiger partial charge is 0.331 e. The number of hydrogen-bond donors (Lipinski definition) is 1. The van der Waals surface area contributed by atoms with Crippen molar-refractivity contribution in [1.82, 2.24) is 0 Å². The van der Waals surface area contributed by atoms with Crippen molar-refractivity contribution in [3.63, 3.8) is 0 Å². The van der Waals surface area contributed by atoms with Crippen molar-refractivity contribution in [2.45, 2.75) is 116 Å². The highest BCUT2D eigenvalue weighted by Crippen LogP contribution is 2.50. The monoisotopic (exact) mass is 592 g/mol. The Kier molecular flexibility index (Phi) is 13.4. The third-order valence-corrected chi connectivity index (χ3v) is 9.72.